The molecule has 0 spiro atoms. The zero-order valence-electron chi connectivity index (χ0n) is 16.1. The van der Waals surface area contributed by atoms with Crippen molar-refractivity contribution in [2.45, 2.75) is 4.21 Å². The van der Waals surface area contributed by atoms with E-state index in [9.17, 15) is 13.2 Å². The number of piperazine rings is 1. The first-order chi connectivity index (χ1) is 14.4. The molecule has 0 unspecified atom stereocenters. The number of amides is 1. The molecule has 1 saturated heterocycles. The summed E-state index contributed by atoms with van der Waals surface area (Å²) >= 11 is 6.89. The van der Waals surface area contributed by atoms with Gasteiger partial charge in [-0.1, -0.05) is 23.7 Å². The van der Waals surface area contributed by atoms with E-state index in [2.05, 4.69) is 0 Å². The highest BCUT2D eigenvalue weighted by Crippen LogP contribution is 2.30. The summed E-state index contributed by atoms with van der Waals surface area (Å²) in [5.41, 5.74) is 0.625. The Labute approximate surface area is 183 Å². The summed E-state index contributed by atoms with van der Waals surface area (Å²) in [5.74, 6) is 0.972. The minimum Gasteiger partial charge on any atom is -0.493 e. The number of ether oxygens (including phenoxy) is 1. The minimum absolute atomic E-state index is 0.196. The largest absolute Gasteiger partial charge is 0.493 e. The number of para-hydroxylation sites is 1. The van der Waals surface area contributed by atoms with Crippen molar-refractivity contribution < 1.29 is 22.4 Å². The van der Waals surface area contributed by atoms with E-state index in [0.29, 0.717) is 34.5 Å². The molecule has 0 N–H and O–H groups in total. The smallest absolute Gasteiger partial charge is 0.252 e. The Hall–Kier alpha value is -2.33. The molecule has 0 aliphatic carbocycles. The number of methoxy groups -OCH3 is 1. The molecule has 1 aromatic carbocycles. The van der Waals surface area contributed by atoms with Crippen LogP contribution in [0.5, 0.6) is 5.75 Å². The standard InChI is InChI=1S/C20H19ClN2O5S2/c1-27-16-4-2-3-14-13-15(28-20(14)16)5-7-18(24)22-9-11-23(12-10-22)30(25,26)19-8-6-17(21)29-19/h2-8,13H,9-12H2,1H3/b7-5+. The van der Waals surface area contributed by atoms with Gasteiger partial charge in [0.15, 0.2) is 11.3 Å². The van der Waals surface area contributed by atoms with Crippen LogP contribution < -0.4 is 4.74 Å². The second-order valence-corrected chi connectivity index (χ2v) is 10.5. The lowest BCUT2D eigenvalue weighted by Crippen LogP contribution is -2.50. The zero-order valence-corrected chi connectivity index (χ0v) is 18.5. The highest BCUT2D eigenvalue weighted by molar-refractivity contribution is 7.91. The predicted octanol–water partition coefficient (Wildman–Crippen LogP) is 3.70. The molecule has 3 heterocycles. The van der Waals surface area contributed by atoms with E-state index in [4.69, 9.17) is 20.8 Å². The number of furan rings is 1. The van der Waals surface area contributed by atoms with Gasteiger partial charge in [-0.25, -0.2) is 8.42 Å². The molecule has 0 radical (unpaired) electrons. The van der Waals surface area contributed by atoms with Crippen LogP contribution >= 0.6 is 22.9 Å². The van der Waals surface area contributed by atoms with Gasteiger partial charge in [-0.15, -0.1) is 11.3 Å². The van der Waals surface area contributed by atoms with Crippen LogP contribution in [0.2, 0.25) is 4.34 Å². The van der Waals surface area contributed by atoms with Gasteiger partial charge in [-0.3, -0.25) is 4.79 Å². The molecular formula is C20H19ClN2O5S2. The monoisotopic (exact) mass is 466 g/mol. The maximum Gasteiger partial charge on any atom is 0.252 e. The Morgan fingerprint density at radius 2 is 1.97 bits per heavy atom. The average molecular weight is 467 g/mol. The third kappa shape index (κ3) is 4.11. The third-order valence-corrected chi connectivity index (χ3v) is 8.43. The highest BCUT2D eigenvalue weighted by atomic mass is 35.5. The fourth-order valence-corrected chi connectivity index (χ4v) is 6.33. The number of carbonyl (C=O) groups is 1. The number of fused-ring (bicyclic) bond motifs is 1. The maximum atomic E-state index is 12.7. The predicted molar refractivity (Wildman–Crippen MR) is 116 cm³/mol. The summed E-state index contributed by atoms with van der Waals surface area (Å²) in [7, 11) is -2.01. The summed E-state index contributed by atoms with van der Waals surface area (Å²) in [6.07, 6.45) is 3.05. The molecule has 1 aliphatic rings. The van der Waals surface area contributed by atoms with E-state index in [1.165, 1.54) is 16.4 Å². The molecule has 2 aromatic heterocycles. The molecule has 7 nitrogen and oxygen atoms in total. The van der Waals surface area contributed by atoms with Gasteiger partial charge in [-0.05, 0) is 30.3 Å². The van der Waals surface area contributed by atoms with Crippen molar-refractivity contribution in [2.75, 3.05) is 33.3 Å². The number of hydrogen-bond donors (Lipinski definition) is 0. The second-order valence-electron chi connectivity index (χ2n) is 6.65. The van der Waals surface area contributed by atoms with E-state index >= 15 is 0 Å². The summed E-state index contributed by atoms with van der Waals surface area (Å²) in [5, 5.41) is 0.883. The van der Waals surface area contributed by atoms with Gasteiger partial charge in [0.05, 0.1) is 11.4 Å². The van der Waals surface area contributed by atoms with Gasteiger partial charge in [-0.2, -0.15) is 4.31 Å². The van der Waals surface area contributed by atoms with Gasteiger partial charge in [0.2, 0.25) is 5.91 Å². The van der Waals surface area contributed by atoms with Crippen LogP contribution in [-0.4, -0.2) is 56.8 Å². The molecule has 3 aromatic rings. The fourth-order valence-electron chi connectivity index (χ4n) is 3.27. The lowest BCUT2D eigenvalue weighted by molar-refractivity contribution is -0.127. The van der Waals surface area contributed by atoms with E-state index in [1.807, 2.05) is 24.3 Å². The molecule has 10 heteroatoms. The van der Waals surface area contributed by atoms with E-state index in [0.717, 1.165) is 16.7 Å². The molecule has 0 bridgehead atoms. The van der Waals surface area contributed by atoms with Crippen LogP contribution in [0.1, 0.15) is 5.76 Å². The van der Waals surface area contributed by atoms with Crippen molar-refractivity contribution in [1.29, 1.82) is 0 Å². The van der Waals surface area contributed by atoms with Crippen molar-refractivity contribution in [1.82, 2.24) is 9.21 Å². The van der Waals surface area contributed by atoms with Crippen LogP contribution in [0.25, 0.3) is 17.0 Å². The van der Waals surface area contributed by atoms with Crippen molar-refractivity contribution in [2.24, 2.45) is 0 Å². The summed E-state index contributed by atoms with van der Waals surface area (Å²) in [6, 6.07) is 10.5. The fraction of sp³-hybridized carbons (Fsp3) is 0.250. The molecular weight excluding hydrogens is 448 g/mol. The first-order valence-electron chi connectivity index (χ1n) is 9.17. The molecule has 0 atom stereocenters. The number of nitrogens with zero attached hydrogens (tertiary/aromatic N) is 2. The summed E-state index contributed by atoms with van der Waals surface area (Å²) in [4.78, 5) is 14.1. The second kappa shape index (κ2) is 8.43. The Kier molecular flexibility index (Phi) is 5.88. The van der Waals surface area contributed by atoms with E-state index in [-0.39, 0.29) is 23.2 Å². The van der Waals surface area contributed by atoms with Gasteiger partial charge in [0.1, 0.15) is 9.97 Å². The molecule has 4 rings (SSSR count). The average Bonchev–Trinajstić information content (AvgIpc) is 3.38. The number of halogens is 1. The van der Waals surface area contributed by atoms with Crippen LogP contribution in [0, 0.1) is 0 Å². The van der Waals surface area contributed by atoms with Crippen LogP contribution in [0.3, 0.4) is 0 Å². The number of carbonyl (C=O) groups excluding carboxylic acids is 1. The number of benzene rings is 1. The van der Waals surface area contributed by atoms with Crippen molar-refractivity contribution in [3.63, 3.8) is 0 Å². The van der Waals surface area contributed by atoms with Gasteiger partial charge in [0, 0.05) is 37.6 Å². The molecule has 1 aliphatic heterocycles. The van der Waals surface area contributed by atoms with Crippen molar-refractivity contribution in [3.8, 4) is 5.75 Å². The Balaban J connectivity index is 1.40. The first-order valence-corrected chi connectivity index (χ1v) is 11.8. The highest BCUT2D eigenvalue weighted by Gasteiger charge is 2.30. The molecule has 1 amide bonds. The lowest BCUT2D eigenvalue weighted by atomic mass is 10.2. The molecule has 0 saturated carbocycles. The third-order valence-electron chi connectivity index (χ3n) is 4.83. The van der Waals surface area contributed by atoms with E-state index in [1.54, 1.807) is 24.2 Å². The summed E-state index contributed by atoms with van der Waals surface area (Å²) < 4.78 is 38.4. The normalized spacial score (nSPS) is 15.9. The van der Waals surface area contributed by atoms with Gasteiger partial charge < -0.3 is 14.1 Å². The molecule has 158 valence electrons. The van der Waals surface area contributed by atoms with Gasteiger partial charge in [0.25, 0.3) is 10.0 Å². The van der Waals surface area contributed by atoms with Crippen molar-refractivity contribution in [3.05, 3.63) is 52.6 Å². The Bertz CT molecular complexity index is 1210. The SMILES string of the molecule is COc1cccc2cc(/C=C/C(=O)N3CCN(S(=O)(=O)c4ccc(Cl)s4)CC3)oc12. The number of sulfonamides is 1. The van der Waals surface area contributed by atoms with Crippen molar-refractivity contribution >= 4 is 55.9 Å². The van der Waals surface area contributed by atoms with Crippen LogP contribution in [0.4, 0.5) is 0 Å². The topological polar surface area (TPSA) is 80.1 Å². The number of hydrogen-bond acceptors (Lipinski definition) is 6. The number of thiophene rings is 1. The molecule has 1 fully saturated rings. The van der Waals surface area contributed by atoms with E-state index < -0.39 is 10.0 Å². The van der Waals surface area contributed by atoms with Gasteiger partial charge >= 0.3 is 0 Å². The maximum absolute atomic E-state index is 12.7. The molecule has 30 heavy (non-hydrogen) atoms. The van der Waals surface area contributed by atoms with Crippen LogP contribution in [0.15, 0.2) is 51.1 Å². The number of rotatable bonds is 5. The zero-order chi connectivity index (χ0) is 21.3. The summed E-state index contributed by atoms with van der Waals surface area (Å²) in [6.45, 7) is 1.10. The lowest BCUT2D eigenvalue weighted by Gasteiger charge is -2.33. The first kappa shape index (κ1) is 20.9. The quantitative estimate of drug-likeness (QED) is 0.535. The Morgan fingerprint density at radius 1 is 1.20 bits per heavy atom. The Morgan fingerprint density at radius 3 is 2.63 bits per heavy atom. The van der Waals surface area contributed by atoms with Crippen LogP contribution in [-0.2, 0) is 14.8 Å². The minimum atomic E-state index is -3.58.